The summed E-state index contributed by atoms with van der Waals surface area (Å²) < 4.78 is 0. The minimum atomic E-state index is -0.0910. The van der Waals surface area contributed by atoms with Crippen LogP contribution in [0.1, 0.15) is 10.4 Å². The number of alkyl halides is 1. The molecule has 0 aliphatic carbocycles. The van der Waals surface area contributed by atoms with Crippen molar-refractivity contribution in [2.75, 3.05) is 17.6 Å². The van der Waals surface area contributed by atoms with E-state index in [-0.39, 0.29) is 5.91 Å². The van der Waals surface area contributed by atoms with E-state index in [1.54, 1.807) is 24.3 Å². The minimum absolute atomic E-state index is 0.0910. The van der Waals surface area contributed by atoms with Gasteiger partial charge in [0.15, 0.2) is 0 Å². The van der Waals surface area contributed by atoms with E-state index in [0.717, 1.165) is 5.33 Å². The maximum atomic E-state index is 11.4. The van der Waals surface area contributed by atoms with Crippen molar-refractivity contribution in [3.63, 3.8) is 0 Å². The molecule has 3 N–H and O–H groups in total. The second-order valence-corrected chi connectivity index (χ2v) is 3.36. The third kappa shape index (κ3) is 3.06. The Hall–Kier alpha value is -1.03. The zero-order chi connectivity index (χ0) is 9.68. The average Bonchev–Trinajstić information content (AvgIpc) is 2.14. The van der Waals surface area contributed by atoms with Crippen LogP contribution < -0.4 is 11.1 Å². The van der Waals surface area contributed by atoms with Crippen LogP contribution in [0.25, 0.3) is 0 Å². The summed E-state index contributed by atoms with van der Waals surface area (Å²) in [4.78, 5) is 11.4. The maximum absolute atomic E-state index is 11.4. The highest BCUT2D eigenvalue weighted by Crippen LogP contribution is 2.05. The van der Waals surface area contributed by atoms with Gasteiger partial charge in [0.05, 0.1) is 0 Å². The van der Waals surface area contributed by atoms with Gasteiger partial charge in [-0.05, 0) is 18.2 Å². The second-order valence-electron chi connectivity index (χ2n) is 2.57. The molecule has 4 heteroatoms. The topological polar surface area (TPSA) is 55.1 Å². The molecular formula is C9H11BrN2O. The summed E-state index contributed by atoms with van der Waals surface area (Å²) in [6.07, 6.45) is 0. The fourth-order valence-corrected chi connectivity index (χ4v) is 1.14. The molecule has 0 aromatic heterocycles. The van der Waals surface area contributed by atoms with Gasteiger partial charge in [0, 0.05) is 23.1 Å². The Kier molecular flexibility index (Phi) is 3.76. The van der Waals surface area contributed by atoms with E-state index in [1.165, 1.54) is 0 Å². The minimum Gasteiger partial charge on any atom is -0.399 e. The van der Waals surface area contributed by atoms with Gasteiger partial charge in [0.25, 0.3) is 5.91 Å². The Morgan fingerprint density at radius 3 is 2.92 bits per heavy atom. The number of carbonyl (C=O) groups is 1. The lowest BCUT2D eigenvalue weighted by Crippen LogP contribution is -2.25. The summed E-state index contributed by atoms with van der Waals surface area (Å²) in [6.45, 7) is 0.619. The first-order valence-corrected chi connectivity index (χ1v) is 5.06. The van der Waals surface area contributed by atoms with E-state index < -0.39 is 0 Å². The van der Waals surface area contributed by atoms with Gasteiger partial charge < -0.3 is 11.1 Å². The van der Waals surface area contributed by atoms with Crippen LogP contribution in [-0.2, 0) is 0 Å². The van der Waals surface area contributed by atoms with Gasteiger partial charge in [-0.1, -0.05) is 22.0 Å². The number of benzene rings is 1. The number of halogens is 1. The lowest BCUT2D eigenvalue weighted by molar-refractivity contribution is 0.0956. The third-order valence-corrected chi connectivity index (χ3v) is 1.93. The van der Waals surface area contributed by atoms with E-state index in [1.807, 2.05) is 0 Å². The van der Waals surface area contributed by atoms with Gasteiger partial charge in [0.1, 0.15) is 0 Å². The predicted octanol–water partition coefficient (Wildman–Crippen LogP) is 1.39. The molecule has 1 aromatic rings. The molecule has 0 atom stereocenters. The summed E-state index contributed by atoms with van der Waals surface area (Å²) in [5, 5.41) is 3.49. The monoisotopic (exact) mass is 242 g/mol. The molecule has 0 heterocycles. The number of carbonyl (C=O) groups excluding carboxylic acids is 1. The van der Waals surface area contributed by atoms with Gasteiger partial charge in [-0.25, -0.2) is 0 Å². The molecular weight excluding hydrogens is 232 g/mol. The molecule has 0 unspecified atom stereocenters. The number of hydrogen-bond acceptors (Lipinski definition) is 2. The first kappa shape index (κ1) is 10.1. The number of nitrogens with two attached hydrogens (primary N) is 1. The SMILES string of the molecule is Nc1cccc(C(=O)NCCBr)c1. The first-order valence-electron chi connectivity index (χ1n) is 3.93. The van der Waals surface area contributed by atoms with Crippen molar-refractivity contribution in [2.24, 2.45) is 0 Å². The zero-order valence-electron chi connectivity index (χ0n) is 7.09. The highest BCUT2D eigenvalue weighted by molar-refractivity contribution is 9.09. The predicted molar refractivity (Wildman–Crippen MR) is 57.0 cm³/mol. The van der Waals surface area contributed by atoms with Crippen LogP contribution in [0.4, 0.5) is 5.69 Å². The first-order chi connectivity index (χ1) is 6.24. The second kappa shape index (κ2) is 4.87. The molecule has 0 spiro atoms. The molecule has 0 fully saturated rings. The van der Waals surface area contributed by atoms with E-state index in [9.17, 15) is 4.79 Å². The normalized spacial score (nSPS) is 9.62. The molecule has 70 valence electrons. The Labute approximate surface area is 85.4 Å². The Morgan fingerprint density at radius 1 is 1.54 bits per heavy atom. The van der Waals surface area contributed by atoms with Crippen LogP contribution in [0.15, 0.2) is 24.3 Å². The van der Waals surface area contributed by atoms with Crippen molar-refractivity contribution in [2.45, 2.75) is 0 Å². The highest BCUT2D eigenvalue weighted by atomic mass is 79.9. The lowest BCUT2D eigenvalue weighted by atomic mass is 10.2. The summed E-state index contributed by atoms with van der Waals surface area (Å²) in [5.41, 5.74) is 6.74. The quantitative estimate of drug-likeness (QED) is 0.622. The number of nitrogen functional groups attached to an aromatic ring is 1. The fraction of sp³-hybridized carbons (Fsp3) is 0.222. The van der Waals surface area contributed by atoms with Crippen molar-refractivity contribution in [3.05, 3.63) is 29.8 Å². The van der Waals surface area contributed by atoms with Crippen LogP contribution in [0.3, 0.4) is 0 Å². The van der Waals surface area contributed by atoms with Gasteiger partial charge in [-0.15, -0.1) is 0 Å². The number of nitrogens with one attached hydrogen (secondary N) is 1. The van der Waals surface area contributed by atoms with Crippen LogP contribution in [0.2, 0.25) is 0 Å². The van der Waals surface area contributed by atoms with E-state index in [0.29, 0.717) is 17.8 Å². The van der Waals surface area contributed by atoms with Gasteiger partial charge in [-0.2, -0.15) is 0 Å². The molecule has 0 aliphatic heterocycles. The van der Waals surface area contributed by atoms with Crippen molar-refractivity contribution < 1.29 is 4.79 Å². The van der Waals surface area contributed by atoms with Gasteiger partial charge in [-0.3, -0.25) is 4.79 Å². The number of anilines is 1. The van der Waals surface area contributed by atoms with Crippen molar-refractivity contribution in [1.82, 2.24) is 5.32 Å². The molecule has 0 saturated heterocycles. The van der Waals surface area contributed by atoms with Crippen molar-refractivity contribution in [1.29, 1.82) is 0 Å². The summed E-state index contributed by atoms with van der Waals surface area (Å²) in [7, 11) is 0. The average molecular weight is 243 g/mol. The summed E-state index contributed by atoms with van der Waals surface area (Å²) >= 11 is 3.23. The highest BCUT2D eigenvalue weighted by Gasteiger charge is 2.03. The van der Waals surface area contributed by atoms with Gasteiger partial charge >= 0.3 is 0 Å². The smallest absolute Gasteiger partial charge is 0.251 e. The molecule has 13 heavy (non-hydrogen) atoms. The molecule has 0 saturated carbocycles. The van der Waals surface area contributed by atoms with E-state index in [2.05, 4.69) is 21.2 Å². The van der Waals surface area contributed by atoms with Crippen LogP contribution in [0, 0.1) is 0 Å². The number of hydrogen-bond donors (Lipinski definition) is 2. The maximum Gasteiger partial charge on any atom is 0.251 e. The number of amides is 1. The largest absolute Gasteiger partial charge is 0.399 e. The van der Waals surface area contributed by atoms with Crippen LogP contribution in [0.5, 0.6) is 0 Å². The zero-order valence-corrected chi connectivity index (χ0v) is 8.67. The van der Waals surface area contributed by atoms with E-state index >= 15 is 0 Å². The molecule has 0 bridgehead atoms. The third-order valence-electron chi connectivity index (χ3n) is 1.53. The van der Waals surface area contributed by atoms with Gasteiger partial charge in [0.2, 0.25) is 0 Å². The van der Waals surface area contributed by atoms with E-state index in [4.69, 9.17) is 5.73 Å². The van der Waals surface area contributed by atoms with Crippen molar-refractivity contribution in [3.8, 4) is 0 Å². The summed E-state index contributed by atoms with van der Waals surface area (Å²) in [5.74, 6) is -0.0910. The molecule has 0 aliphatic rings. The lowest BCUT2D eigenvalue weighted by Gasteiger charge is -2.02. The molecule has 0 radical (unpaired) electrons. The molecule has 1 aromatic carbocycles. The molecule has 1 rings (SSSR count). The van der Waals surface area contributed by atoms with Crippen LogP contribution >= 0.6 is 15.9 Å². The standard InChI is InChI=1S/C9H11BrN2O/c10-4-5-12-9(13)7-2-1-3-8(11)6-7/h1-3,6H,4-5,11H2,(H,12,13). The molecule has 1 amide bonds. The Balaban J connectivity index is 2.66. The van der Waals surface area contributed by atoms with Crippen molar-refractivity contribution >= 4 is 27.5 Å². The molecule has 3 nitrogen and oxygen atoms in total. The fourth-order valence-electron chi connectivity index (χ4n) is 0.943. The Morgan fingerprint density at radius 2 is 2.31 bits per heavy atom. The van der Waals surface area contributed by atoms with Crippen LogP contribution in [-0.4, -0.2) is 17.8 Å². The number of rotatable bonds is 3. The summed E-state index contributed by atoms with van der Waals surface area (Å²) in [6, 6.07) is 6.91. The Bertz CT molecular complexity index is 301.